The van der Waals surface area contributed by atoms with Gasteiger partial charge in [-0.2, -0.15) is 0 Å². The average Bonchev–Trinajstić information content (AvgIpc) is 2.83. The van der Waals surface area contributed by atoms with Crippen LogP contribution in [-0.4, -0.2) is 22.7 Å². The van der Waals surface area contributed by atoms with E-state index in [1.54, 1.807) is 0 Å². The Bertz CT molecular complexity index is 733. The molecule has 102 valence electrons. The summed E-state index contributed by atoms with van der Waals surface area (Å²) in [5.41, 5.74) is 8.62. The molecule has 1 aromatic heterocycles. The van der Waals surface area contributed by atoms with Gasteiger partial charge in [0.25, 0.3) is 0 Å². The van der Waals surface area contributed by atoms with Crippen LogP contribution in [0, 0.1) is 0 Å². The number of ether oxygens (including phenoxy) is 1. The number of aryl methyl sites for hydroxylation is 1. The fourth-order valence-corrected chi connectivity index (χ4v) is 2.31. The van der Waals surface area contributed by atoms with Crippen LogP contribution in [0.15, 0.2) is 48.5 Å². The van der Waals surface area contributed by atoms with Crippen LogP contribution in [0.5, 0.6) is 5.75 Å². The summed E-state index contributed by atoms with van der Waals surface area (Å²) in [6.07, 6.45) is 0. The molecule has 2 N–H and O–H groups in total. The normalized spacial score (nSPS) is 10.9. The Morgan fingerprint density at radius 3 is 2.80 bits per heavy atom. The van der Waals surface area contributed by atoms with E-state index in [2.05, 4.69) is 15.6 Å². The molecule has 2 aromatic carbocycles. The standard InChI is InChI=1S/C16H17N3O/c1-19-15-8-3-2-7-14(15)18-16(19)12-5-4-6-13(11-12)20-10-9-17/h2-8,11H,9-10,17H2,1H3. The highest BCUT2D eigenvalue weighted by molar-refractivity contribution is 5.80. The molecule has 3 rings (SSSR count). The molecule has 4 heteroatoms. The van der Waals surface area contributed by atoms with Crippen LogP contribution in [0.2, 0.25) is 0 Å². The summed E-state index contributed by atoms with van der Waals surface area (Å²) in [4.78, 5) is 4.69. The van der Waals surface area contributed by atoms with Crippen molar-refractivity contribution in [3.05, 3.63) is 48.5 Å². The van der Waals surface area contributed by atoms with Crippen LogP contribution in [0.25, 0.3) is 22.4 Å². The third-order valence-electron chi connectivity index (χ3n) is 3.27. The van der Waals surface area contributed by atoms with Crippen molar-refractivity contribution >= 4 is 11.0 Å². The van der Waals surface area contributed by atoms with Crippen molar-refractivity contribution in [2.45, 2.75) is 0 Å². The van der Waals surface area contributed by atoms with Gasteiger partial charge in [0, 0.05) is 19.2 Å². The molecule has 0 aliphatic heterocycles. The molecule has 0 unspecified atom stereocenters. The van der Waals surface area contributed by atoms with Crippen LogP contribution in [0.4, 0.5) is 0 Å². The van der Waals surface area contributed by atoms with Crippen molar-refractivity contribution < 1.29 is 4.74 Å². The Morgan fingerprint density at radius 1 is 1.15 bits per heavy atom. The minimum absolute atomic E-state index is 0.510. The number of nitrogens with zero attached hydrogens (tertiary/aromatic N) is 2. The average molecular weight is 267 g/mol. The van der Waals surface area contributed by atoms with Gasteiger partial charge in [-0.15, -0.1) is 0 Å². The van der Waals surface area contributed by atoms with Crippen molar-refractivity contribution in [1.29, 1.82) is 0 Å². The minimum Gasteiger partial charge on any atom is -0.492 e. The van der Waals surface area contributed by atoms with Gasteiger partial charge in [-0.05, 0) is 24.3 Å². The van der Waals surface area contributed by atoms with Gasteiger partial charge in [-0.1, -0.05) is 24.3 Å². The fraction of sp³-hybridized carbons (Fsp3) is 0.188. The largest absolute Gasteiger partial charge is 0.492 e. The first kappa shape index (κ1) is 12.7. The Kier molecular flexibility index (Phi) is 3.39. The quantitative estimate of drug-likeness (QED) is 0.790. The van der Waals surface area contributed by atoms with Crippen LogP contribution < -0.4 is 10.5 Å². The summed E-state index contributed by atoms with van der Waals surface area (Å²) in [6, 6.07) is 16.1. The lowest BCUT2D eigenvalue weighted by atomic mass is 10.2. The number of aromatic nitrogens is 2. The molecule has 0 saturated heterocycles. The van der Waals surface area contributed by atoms with Gasteiger partial charge in [-0.25, -0.2) is 4.98 Å². The maximum atomic E-state index is 5.57. The van der Waals surface area contributed by atoms with Crippen LogP contribution >= 0.6 is 0 Å². The van der Waals surface area contributed by atoms with Crippen molar-refractivity contribution in [2.24, 2.45) is 12.8 Å². The molecule has 0 bridgehead atoms. The molecule has 3 aromatic rings. The van der Waals surface area contributed by atoms with Crippen molar-refractivity contribution in [2.75, 3.05) is 13.2 Å². The highest BCUT2D eigenvalue weighted by atomic mass is 16.5. The second kappa shape index (κ2) is 5.35. The van der Waals surface area contributed by atoms with E-state index in [9.17, 15) is 0 Å². The van der Waals surface area contributed by atoms with Crippen LogP contribution in [-0.2, 0) is 7.05 Å². The maximum absolute atomic E-state index is 5.57. The van der Waals surface area contributed by atoms with E-state index in [4.69, 9.17) is 10.5 Å². The summed E-state index contributed by atoms with van der Waals surface area (Å²) in [6.45, 7) is 1.03. The van der Waals surface area contributed by atoms with E-state index in [1.165, 1.54) is 0 Å². The summed E-state index contributed by atoms with van der Waals surface area (Å²) < 4.78 is 7.66. The van der Waals surface area contributed by atoms with Gasteiger partial charge in [0.2, 0.25) is 0 Å². The molecular weight excluding hydrogens is 250 g/mol. The molecule has 0 atom stereocenters. The fourth-order valence-electron chi connectivity index (χ4n) is 2.31. The first-order valence-corrected chi connectivity index (χ1v) is 6.64. The monoisotopic (exact) mass is 267 g/mol. The molecule has 1 heterocycles. The maximum Gasteiger partial charge on any atom is 0.140 e. The molecule has 0 aliphatic rings. The van der Waals surface area contributed by atoms with Gasteiger partial charge >= 0.3 is 0 Å². The number of nitrogens with two attached hydrogens (primary N) is 1. The number of fused-ring (bicyclic) bond motifs is 1. The van der Waals surface area contributed by atoms with Crippen LogP contribution in [0.1, 0.15) is 0 Å². The van der Waals surface area contributed by atoms with E-state index < -0.39 is 0 Å². The molecule has 0 fully saturated rings. The van der Waals surface area contributed by atoms with Gasteiger partial charge in [0.05, 0.1) is 11.0 Å². The van der Waals surface area contributed by atoms with Gasteiger partial charge in [-0.3, -0.25) is 0 Å². The van der Waals surface area contributed by atoms with E-state index >= 15 is 0 Å². The Labute approximate surface area is 117 Å². The zero-order chi connectivity index (χ0) is 13.9. The lowest BCUT2D eigenvalue weighted by molar-refractivity contribution is 0.328. The number of hydrogen-bond acceptors (Lipinski definition) is 3. The molecular formula is C16H17N3O. The second-order valence-corrected chi connectivity index (χ2v) is 4.65. The predicted octanol–water partition coefficient (Wildman–Crippen LogP) is 2.58. The molecule has 0 aliphatic carbocycles. The summed E-state index contributed by atoms with van der Waals surface area (Å²) in [7, 11) is 2.03. The van der Waals surface area contributed by atoms with Crippen molar-refractivity contribution in [1.82, 2.24) is 9.55 Å². The Hall–Kier alpha value is -2.33. The highest BCUT2D eigenvalue weighted by Gasteiger charge is 2.09. The topological polar surface area (TPSA) is 53.1 Å². The second-order valence-electron chi connectivity index (χ2n) is 4.65. The number of hydrogen-bond donors (Lipinski definition) is 1. The van der Waals surface area contributed by atoms with E-state index in [0.717, 1.165) is 28.2 Å². The molecule has 20 heavy (non-hydrogen) atoms. The number of rotatable bonds is 4. The number of benzene rings is 2. The smallest absolute Gasteiger partial charge is 0.140 e. The SMILES string of the molecule is Cn1c(-c2cccc(OCCN)c2)nc2ccccc21. The number of imidazole rings is 1. The lowest BCUT2D eigenvalue weighted by Crippen LogP contribution is -2.10. The third kappa shape index (κ3) is 2.26. The van der Waals surface area contributed by atoms with Gasteiger partial charge < -0.3 is 15.0 Å². The van der Waals surface area contributed by atoms with Crippen molar-refractivity contribution in [3.8, 4) is 17.1 Å². The summed E-state index contributed by atoms with van der Waals surface area (Å²) in [5, 5.41) is 0. The van der Waals surface area contributed by atoms with E-state index in [-0.39, 0.29) is 0 Å². The number of para-hydroxylation sites is 2. The molecule has 0 saturated carbocycles. The zero-order valence-corrected chi connectivity index (χ0v) is 11.4. The first-order valence-electron chi connectivity index (χ1n) is 6.64. The predicted molar refractivity (Wildman–Crippen MR) is 80.7 cm³/mol. The zero-order valence-electron chi connectivity index (χ0n) is 11.4. The lowest BCUT2D eigenvalue weighted by Gasteiger charge is -2.07. The molecule has 4 nitrogen and oxygen atoms in total. The van der Waals surface area contributed by atoms with Crippen molar-refractivity contribution in [3.63, 3.8) is 0 Å². The van der Waals surface area contributed by atoms with Crippen LogP contribution in [0.3, 0.4) is 0 Å². The highest BCUT2D eigenvalue weighted by Crippen LogP contribution is 2.26. The summed E-state index contributed by atoms with van der Waals surface area (Å²) >= 11 is 0. The molecule has 0 amide bonds. The van der Waals surface area contributed by atoms with E-state index in [1.807, 2.05) is 49.5 Å². The first-order chi connectivity index (χ1) is 9.79. The molecule has 0 spiro atoms. The molecule has 0 radical (unpaired) electrons. The Morgan fingerprint density at radius 2 is 2.00 bits per heavy atom. The van der Waals surface area contributed by atoms with E-state index in [0.29, 0.717) is 13.2 Å². The van der Waals surface area contributed by atoms with Gasteiger partial charge in [0.15, 0.2) is 0 Å². The minimum atomic E-state index is 0.510. The third-order valence-corrected chi connectivity index (χ3v) is 3.27. The Balaban J connectivity index is 2.04. The summed E-state index contributed by atoms with van der Waals surface area (Å²) in [5.74, 6) is 1.75. The van der Waals surface area contributed by atoms with Gasteiger partial charge in [0.1, 0.15) is 18.2 Å².